The topological polar surface area (TPSA) is 64.9 Å². The van der Waals surface area contributed by atoms with Gasteiger partial charge in [0.2, 0.25) is 5.91 Å². The van der Waals surface area contributed by atoms with Gasteiger partial charge >= 0.3 is 0 Å². The number of hydrogen-bond donors (Lipinski definition) is 2. The Labute approximate surface area is 130 Å². The smallest absolute Gasteiger partial charge is 0.226 e. The quantitative estimate of drug-likeness (QED) is 0.830. The maximum atomic E-state index is 13.4. The Morgan fingerprint density at radius 1 is 1.04 bits per heavy atom. The Morgan fingerprint density at radius 3 is 2.52 bits per heavy atom. The molecular formula is C16H12F3N3O. The van der Waals surface area contributed by atoms with Crippen LogP contribution < -0.4 is 10.6 Å². The number of nitrogens with one attached hydrogen (secondary N) is 2. The Kier molecular flexibility index (Phi) is 5.20. The van der Waals surface area contributed by atoms with Crippen LogP contribution in [0.3, 0.4) is 0 Å². The van der Waals surface area contributed by atoms with Gasteiger partial charge in [0.25, 0.3) is 0 Å². The molecule has 0 bridgehead atoms. The molecule has 0 heterocycles. The number of benzene rings is 2. The minimum absolute atomic E-state index is 0.0164. The number of anilines is 2. The lowest BCUT2D eigenvalue weighted by molar-refractivity contribution is -0.115. The number of halogens is 3. The van der Waals surface area contributed by atoms with Gasteiger partial charge in [-0.3, -0.25) is 4.79 Å². The first kappa shape index (κ1) is 16.4. The Balaban J connectivity index is 1.91. The molecule has 2 rings (SSSR count). The molecule has 4 nitrogen and oxygen atoms in total. The summed E-state index contributed by atoms with van der Waals surface area (Å²) in [6, 6.07) is 10.3. The molecule has 0 saturated carbocycles. The molecule has 1 amide bonds. The number of para-hydroxylation sites is 1. The predicted molar refractivity (Wildman–Crippen MR) is 79.2 cm³/mol. The summed E-state index contributed by atoms with van der Waals surface area (Å²) in [5.74, 6) is -4.58. The van der Waals surface area contributed by atoms with Crippen molar-refractivity contribution in [2.24, 2.45) is 0 Å². The summed E-state index contributed by atoms with van der Waals surface area (Å²) in [4.78, 5) is 11.8. The minimum Gasteiger partial charge on any atom is -0.382 e. The molecule has 0 radical (unpaired) electrons. The lowest BCUT2D eigenvalue weighted by atomic mass is 10.2. The van der Waals surface area contributed by atoms with Gasteiger partial charge in [0.15, 0.2) is 17.5 Å². The van der Waals surface area contributed by atoms with E-state index in [4.69, 9.17) is 5.26 Å². The lowest BCUT2D eigenvalue weighted by Crippen LogP contribution is -2.17. The molecule has 2 N–H and O–H groups in total. The van der Waals surface area contributed by atoms with E-state index in [1.54, 1.807) is 24.3 Å². The summed E-state index contributed by atoms with van der Waals surface area (Å²) in [5.41, 5.74) is 0.466. The molecule has 0 aliphatic heterocycles. The average Bonchev–Trinajstić information content (AvgIpc) is 2.55. The van der Waals surface area contributed by atoms with Crippen LogP contribution in [-0.4, -0.2) is 12.5 Å². The molecule has 2 aromatic rings. The zero-order valence-corrected chi connectivity index (χ0v) is 11.9. The van der Waals surface area contributed by atoms with Crippen molar-refractivity contribution in [3.63, 3.8) is 0 Å². The van der Waals surface area contributed by atoms with Crippen molar-refractivity contribution in [2.75, 3.05) is 17.2 Å². The van der Waals surface area contributed by atoms with Crippen molar-refractivity contribution in [3.8, 4) is 6.07 Å². The van der Waals surface area contributed by atoms with Crippen molar-refractivity contribution in [1.29, 1.82) is 5.26 Å². The lowest BCUT2D eigenvalue weighted by Gasteiger charge is -2.09. The third-order valence-corrected chi connectivity index (χ3v) is 3.02. The molecule has 0 atom stereocenters. The molecule has 0 unspecified atom stereocenters. The first-order valence-electron chi connectivity index (χ1n) is 6.69. The average molecular weight is 319 g/mol. The van der Waals surface area contributed by atoms with Crippen molar-refractivity contribution < 1.29 is 18.0 Å². The largest absolute Gasteiger partial charge is 0.382 e. The Hall–Kier alpha value is -3.01. The Morgan fingerprint density at radius 2 is 1.78 bits per heavy atom. The highest BCUT2D eigenvalue weighted by Gasteiger charge is 2.13. The van der Waals surface area contributed by atoms with Crippen molar-refractivity contribution in [3.05, 3.63) is 59.4 Å². The van der Waals surface area contributed by atoms with Crippen LogP contribution in [0.5, 0.6) is 0 Å². The molecular weight excluding hydrogens is 307 g/mol. The second kappa shape index (κ2) is 7.31. The van der Waals surface area contributed by atoms with Crippen LogP contribution >= 0.6 is 0 Å². The number of carbonyl (C=O) groups excluding carboxylic acids is 1. The highest BCUT2D eigenvalue weighted by Crippen LogP contribution is 2.19. The van der Waals surface area contributed by atoms with Gasteiger partial charge in [0.1, 0.15) is 6.07 Å². The fourth-order valence-electron chi connectivity index (χ4n) is 1.88. The van der Waals surface area contributed by atoms with Crippen LogP contribution in [0.15, 0.2) is 36.4 Å². The zero-order valence-electron chi connectivity index (χ0n) is 11.9. The molecule has 0 saturated heterocycles. The predicted octanol–water partition coefficient (Wildman–Crippen LogP) is 3.42. The Bertz CT molecular complexity index is 772. The highest BCUT2D eigenvalue weighted by atomic mass is 19.2. The maximum absolute atomic E-state index is 13.4. The van der Waals surface area contributed by atoms with Gasteiger partial charge in [0, 0.05) is 13.0 Å². The standard InChI is InChI=1S/C16H12F3N3O/c17-11-5-6-13(16(19)15(11)18)21-8-7-14(23)22-12-4-2-1-3-10(12)9-20/h1-6,21H,7-8H2,(H,22,23). The van der Waals surface area contributed by atoms with Gasteiger partial charge in [0.05, 0.1) is 16.9 Å². The first-order valence-corrected chi connectivity index (χ1v) is 6.69. The second-order valence-electron chi connectivity index (χ2n) is 4.61. The number of nitriles is 1. The number of nitrogens with zero attached hydrogens (tertiary/aromatic N) is 1. The molecule has 2 aromatic carbocycles. The van der Waals surface area contributed by atoms with E-state index < -0.39 is 23.4 Å². The molecule has 23 heavy (non-hydrogen) atoms. The van der Waals surface area contributed by atoms with Crippen LogP contribution in [0.1, 0.15) is 12.0 Å². The number of amides is 1. The van der Waals surface area contributed by atoms with Crippen molar-refractivity contribution >= 4 is 17.3 Å². The van der Waals surface area contributed by atoms with E-state index in [1.165, 1.54) is 0 Å². The third-order valence-electron chi connectivity index (χ3n) is 3.02. The van der Waals surface area contributed by atoms with E-state index in [0.29, 0.717) is 11.3 Å². The first-order chi connectivity index (χ1) is 11.0. The van der Waals surface area contributed by atoms with Gasteiger partial charge in [-0.25, -0.2) is 13.2 Å². The molecule has 0 spiro atoms. The van der Waals surface area contributed by atoms with Crippen LogP contribution in [0.2, 0.25) is 0 Å². The molecule has 0 fully saturated rings. The van der Waals surface area contributed by atoms with Crippen molar-refractivity contribution in [2.45, 2.75) is 6.42 Å². The van der Waals surface area contributed by atoms with Crippen LogP contribution in [-0.2, 0) is 4.79 Å². The number of rotatable bonds is 5. The van der Waals surface area contributed by atoms with Gasteiger partial charge in [-0.05, 0) is 24.3 Å². The normalized spacial score (nSPS) is 10.0. The molecule has 7 heteroatoms. The number of hydrogen-bond acceptors (Lipinski definition) is 3. The molecule has 0 aliphatic rings. The molecule has 0 aliphatic carbocycles. The van der Waals surface area contributed by atoms with E-state index in [9.17, 15) is 18.0 Å². The molecule has 118 valence electrons. The summed E-state index contributed by atoms with van der Waals surface area (Å²) in [7, 11) is 0. The summed E-state index contributed by atoms with van der Waals surface area (Å²) in [6.07, 6.45) is -0.0435. The van der Waals surface area contributed by atoms with E-state index >= 15 is 0 Å². The van der Waals surface area contributed by atoms with Crippen molar-refractivity contribution in [1.82, 2.24) is 0 Å². The van der Waals surface area contributed by atoms with Crippen LogP contribution in [0.4, 0.5) is 24.5 Å². The van der Waals surface area contributed by atoms with Gasteiger partial charge in [-0.2, -0.15) is 5.26 Å². The van der Waals surface area contributed by atoms with Crippen LogP contribution in [0, 0.1) is 28.8 Å². The summed E-state index contributed by atoms with van der Waals surface area (Å²) >= 11 is 0. The fourth-order valence-corrected chi connectivity index (χ4v) is 1.88. The van der Waals surface area contributed by atoms with E-state index in [1.807, 2.05) is 6.07 Å². The number of carbonyl (C=O) groups is 1. The monoisotopic (exact) mass is 319 g/mol. The third kappa shape index (κ3) is 4.01. The van der Waals surface area contributed by atoms with E-state index in [2.05, 4.69) is 10.6 Å². The highest BCUT2D eigenvalue weighted by molar-refractivity contribution is 5.92. The van der Waals surface area contributed by atoms with Crippen LogP contribution in [0.25, 0.3) is 0 Å². The van der Waals surface area contributed by atoms with E-state index in [0.717, 1.165) is 12.1 Å². The SMILES string of the molecule is N#Cc1ccccc1NC(=O)CCNc1ccc(F)c(F)c1F. The van der Waals surface area contributed by atoms with Gasteiger partial charge < -0.3 is 10.6 Å². The zero-order chi connectivity index (χ0) is 16.8. The summed E-state index contributed by atoms with van der Waals surface area (Å²) in [5, 5.41) is 14.0. The van der Waals surface area contributed by atoms with Gasteiger partial charge in [-0.1, -0.05) is 12.1 Å². The minimum atomic E-state index is -1.57. The fraction of sp³-hybridized carbons (Fsp3) is 0.125. The second-order valence-corrected chi connectivity index (χ2v) is 4.61. The summed E-state index contributed by atoms with van der Waals surface area (Å²) < 4.78 is 39.3. The molecule has 0 aromatic heterocycles. The maximum Gasteiger partial charge on any atom is 0.226 e. The van der Waals surface area contributed by atoms with Gasteiger partial charge in [-0.15, -0.1) is 0 Å². The summed E-state index contributed by atoms with van der Waals surface area (Å²) in [6.45, 7) is 0.0164. The van der Waals surface area contributed by atoms with E-state index in [-0.39, 0.29) is 18.7 Å².